The molecule has 3 nitrogen and oxygen atoms in total. The fourth-order valence-electron chi connectivity index (χ4n) is 1.00. The van der Waals surface area contributed by atoms with Gasteiger partial charge in [0.05, 0.1) is 12.7 Å². The van der Waals surface area contributed by atoms with Crippen molar-refractivity contribution < 1.29 is 18.2 Å². The summed E-state index contributed by atoms with van der Waals surface area (Å²) in [4.78, 5) is 0. The van der Waals surface area contributed by atoms with Gasteiger partial charge < -0.3 is 13.8 Å². The second kappa shape index (κ2) is 4.31. The van der Waals surface area contributed by atoms with Gasteiger partial charge in [-0.3, -0.25) is 0 Å². The van der Waals surface area contributed by atoms with E-state index < -0.39 is 12.3 Å². The molecule has 4 atom stereocenters. The summed E-state index contributed by atoms with van der Waals surface area (Å²) >= 11 is 0. The van der Waals surface area contributed by atoms with Crippen LogP contribution in [-0.4, -0.2) is 32.1 Å². The average molecular weight is 182 g/mol. The predicted molar refractivity (Wildman–Crippen MR) is 40.5 cm³/mol. The highest BCUT2D eigenvalue weighted by Gasteiger charge is 2.35. The molecule has 0 radical (unpaired) electrons. The van der Waals surface area contributed by atoms with Gasteiger partial charge in [0.2, 0.25) is 0 Å². The van der Waals surface area contributed by atoms with Crippen LogP contribution in [0.5, 0.6) is 0 Å². The van der Waals surface area contributed by atoms with Crippen LogP contribution >= 0.6 is 9.03 Å². The van der Waals surface area contributed by atoms with E-state index in [1.165, 1.54) is 7.11 Å². The number of halogens is 1. The monoisotopic (exact) mass is 182 g/mol. The molecule has 1 saturated heterocycles. The number of rotatable bonds is 3. The zero-order valence-electron chi connectivity index (χ0n) is 6.54. The first-order valence-electron chi connectivity index (χ1n) is 3.45. The van der Waals surface area contributed by atoms with Crippen LogP contribution in [0.15, 0.2) is 0 Å². The quantitative estimate of drug-likeness (QED) is 0.615. The van der Waals surface area contributed by atoms with Gasteiger partial charge in [-0.15, -0.1) is 0 Å². The molecule has 0 saturated carbocycles. The van der Waals surface area contributed by atoms with Crippen molar-refractivity contribution in [3.8, 4) is 0 Å². The molecule has 0 amide bonds. The van der Waals surface area contributed by atoms with Gasteiger partial charge in [-0.2, -0.15) is 0 Å². The van der Waals surface area contributed by atoms with Crippen LogP contribution in [0.25, 0.3) is 0 Å². The highest BCUT2D eigenvalue weighted by Crippen LogP contribution is 2.26. The minimum Gasteiger partial charge on any atom is -0.373 e. The van der Waals surface area contributed by atoms with E-state index in [4.69, 9.17) is 9.26 Å². The molecule has 11 heavy (non-hydrogen) atoms. The van der Waals surface area contributed by atoms with Gasteiger partial charge >= 0.3 is 0 Å². The van der Waals surface area contributed by atoms with Gasteiger partial charge in [-0.1, -0.05) is 0 Å². The molecule has 0 N–H and O–H groups in total. The van der Waals surface area contributed by atoms with Crippen LogP contribution in [-0.2, 0) is 13.8 Å². The van der Waals surface area contributed by atoms with Crippen LogP contribution in [0.3, 0.4) is 0 Å². The first-order valence-corrected chi connectivity index (χ1v) is 4.26. The zero-order chi connectivity index (χ0) is 8.27. The van der Waals surface area contributed by atoms with E-state index >= 15 is 0 Å². The van der Waals surface area contributed by atoms with Crippen molar-refractivity contribution in [1.82, 2.24) is 0 Å². The lowest BCUT2D eigenvalue weighted by molar-refractivity contribution is 0.0661. The van der Waals surface area contributed by atoms with Gasteiger partial charge in [-0.25, -0.2) is 4.39 Å². The Kier molecular flexibility index (Phi) is 3.66. The molecule has 66 valence electrons. The molecule has 1 heterocycles. The molecule has 1 rings (SSSR count). The Morgan fingerprint density at radius 1 is 1.64 bits per heavy atom. The van der Waals surface area contributed by atoms with Crippen molar-refractivity contribution >= 4 is 9.03 Å². The Labute approximate surface area is 67.2 Å². The number of hydrogen-bond acceptors (Lipinski definition) is 3. The summed E-state index contributed by atoms with van der Waals surface area (Å²) < 4.78 is 27.7. The number of ether oxygens (including phenoxy) is 1. The second-order valence-corrected chi connectivity index (χ2v) is 3.23. The smallest absolute Gasteiger partial charge is 0.155 e. The molecule has 0 aromatic carbocycles. The Balaban J connectivity index is 2.29. The molecular weight excluding hydrogens is 170 g/mol. The number of hydrogen-bond donors (Lipinski definition) is 0. The van der Waals surface area contributed by atoms with Crippen LogP contribution in [0, 0.1) is 0 Å². The van der Waals surface area contributed by atoms with Crippen LogP contribution < -0.4 is 0 Å². The Hall–Kier alpha value is 0.240. The highest BCUT2D eigenvalue weighted by atomic mass is 31.1. The molecule has 0 aliphatic carbocycles. The second-order valence-electron chi connectivity index (χ2n) is 2.42. The fraction of sp³-hybridized carbons (Fsp3) is 1.00. The van der Waals surface area contributed by atoms with Crippen LogP contribution in [0.1, 0.15) is 6.92 Å². The SMILES string of the molecule is COPO[C@H]1[C@@H](F)CO[C@@H]1C. The van der Waals surface area contributed by atoms with Crippen molar-refractivity contribution in [2.75, 3.05) is 13.7 Å². The molecular formula is C6H12FO3P. The Bertz CT molecular complexity index is 114. The van der Waals surface area contributed by atoms with Crippen molar-refractivity contribution in [1.29, 1.82) is 0 Å². The lowest BCUT2D eigenvalue weighted by atomic mass is 10.2. The molecule has 1 aliphatic heterocycles. The van der Waals surface area contributed by atoms with E-state index in [2.05, 4.69) is 4.52 Å². The van der Waals surface area contributed by atoms with E-state index in [1.807, 2.05) is 0 Å². The first kappa shape index (κ1) is 9.33. The lowest BCUT2D eigenvalue weighted by Crippen LogP contribution is -2.26. The average Bonchev–Trinajstić information content (AvgIpc) is 2.29. The summed E-state index contributed by atoms with van der Waals surface area (Å²) in [5.41, 5.74) is 0. The molecule has 1 aliphatic rings. The third-order valence-electron chi connectivity index (χ3n) is 1.61. The van der Waals surface area contributed by atoms with E-state index in [0.29, 0.717) is 0 Å². The summed E-state index contributed by atoms with van der Waals surface area (Å²) in [6.07, 6.45) is -1.62. The molecule has 0 bridgehead atoms. The summed E-state index contributed by atoms with van der Waals surface area (Å²) in [6, 6.07) is 0. The van der Waals surface area contributed by atoms with E-state index in [9.17, 15) is 4.39 Å². The van der Waals surface area contributed by atoms with Crippen molar-refractivity contribution in [2.45, 2.75) is 25.3 Å². The van der Waals surface area contributed by atoms with Gasteiger partial charge in [0.1, 0.15) is 6.10 Å². The molecule has 0 spiro atoms. The first-order chi connectivity index (χ1) is 5.25. The van der Waals surface area contributed by atoms with E-state index in [-0.39, 0.29) is 21.7 Å². The van der Waals surface area contributed by atoms with E-state index in [1.54, 1.807) is 6.92 Å². The summed E-state index contributed by atoms with van der Waals surface area (Å²) in [7, 11) is 1.42. The van der Waals surface area contributed by atoms with Crippen molar-refractivity contribution in [2.24, 2.45) is 0 Å². The third kappa shape index (κ3) is 2.34. The van der Waals surface area contributed by atoms with Crippen LogP contribution in [0.2, 0.25) is 0 Å². The Morgan fingerprint density at radius 2 is 2.36 bits per heavy atom. The van der Waals surface area contributed by atoms with Crippen molar-refractivity contribution in [3.63, 3.8) is 0 Å². The minimum atomic E-state index is -1.01. The van der Waals surface area contributed by atoms with Gasteiger partial charge in [-0.05, 0) is 6.92 Å². The maximum atomic E-state index is 12.9. The summed E-state index contributed by atoms with van der Waals surface area (Å²) in [5, 5.41) is 0. The largest absolute Gasteiger partial charge is 0.373 e. The zero-order valence-corrected chi connectivity index (χ0v) is 7.54. The fourth-order valence-corrected chi connectivity index (χ4v) is 1.55. The standard InChI is InChI=1S/C6H12FO3P/c1-4-6(10-11-8-2)5(7)3-9-4/h4-6,11H,3H2,1-2H3/t4-,5+,6-/m1/s1. The van der Waals surface area contributed by atoms with Gasteiger partial charge in [0.15, 0.2) is 15.2 Å². The van der Waals surface area contributed by atoms with Crippen molar-refractivity contribution in [3.05, 3.63) is 0 Å². The number of alkyl halides is 1. The van der Waals surface area contributed by atoms with Gasteiger partial charge in [0.25, 0.3) is 0 Å². The summed E-state index contributed by atoms with van der Waals surface area (Å²) in [5.74, 6) is 0. The minimum absolute atomic E-state index is 0.0992. The lowest BCUT2D eigenvalue weighted by Gasteiger charge is -2.14. The maximum absolute atomic E-state index is 12.9. The maximum Gasteiger partial charge on any atom is 0.155 e. The predicted octanol–water partition coefficient (Wildman–Crippen LogP) is 1.28. The highest BCUT2D eigenvalue weighted by molar-refractivity contribution is 7.26. The molecule has 1 fully saturated rings. The van der Waals surface area contributed by atoms with Gasteiger partial charge in [0, 0.05) is 7.11 Å². The normalized spacial score (nSPS) is 39.0. The molecule has 5 heteroatoms. The molecule has 0 aromatic rings. The third-order valence-corrected chi connectivity index (χ3v) is 2.14. The molecule has 0 aromatic heterocycles. The van der Waals surface area contributed by atoms with E-state index in [0.717, 1.165) is 0 Å². The van der Waals surface area contributed by atoms with Crippen LogP contribution in [0.4, 0.5) is 4.39 Å². The topological polar surface area (TPSA) is 27.7 Å². The Morgan fingerprint density at radius 3 is 2.82 bits per heavy atom. The molecule has 1 unspecified atom stereocenters. The summed E-state index contributed by atoms with van der Waals surface area (Å²) in [6.45, 7) is 1.93.